The number of carbonyl (C=O) groups is 2. The predicted molar refractivity (Wildman–Crippen MR) is 77.4 cm³/mol. The summed E-state index contributed by atoms with van der Waals surface area (Å²) in [5.41, 5.74) is 0.207. The van der Waals surface area contributed by atoms with Crippen LogP contribution in [-0.2, 0) is 14.3 Å². The van der Waals surface area contributed by atoms with Crippen LogP contribution >= 0.6 is 0 Å². The van der Waals surface area contributed by atoms with Crippen molar-refractivity contribution in [3.8, 4) is 0 Å². The minimum Gasteiger partial charge on any atom is -0.464 e. The van der Waals surface area contributed by atoms with Gasteiger partial charge in [0.15, 0.2) is 11.6 Å². The Bertz CT molecular complexity index is 534. The topological polar surface area (TPSA) is 90.7 Å². The fourth-order valence-electron chi connectivity index (χ4n) is 2.60. The van der Waals surface area contributed by atoms with Crippen LogP contribution < -0.4 is 5.32 Å². The van der Waals surface area contributed by atoms with Crippen molar-refractivity contribution in [1.29, 1.82) is 0 Å². The highest BCUT2D eigenvalue weighted by molar-refractivity contribution is 5.96. The summed E-state index contributed by atoms with van der Waals surface area (Å²) < 4.78 is 15.7. The fraction of sp³-hybridized carbons (Fsp3) is 0.667. The molecule has 7 nitrogen and oxygen atoms in total. The molecule has 1 aromatic heterocycles. The van der Waals surface area contributed by atoms with Crippen molar-refractivity contribution in [3.63, 3.8) is 0 Å². The van der Waals surface area contributed by atoms with E-state index in [2.05, 4.69) is 10.3 Å². The number of carbonyl (C=O) groups excluding carboxylic acids is 2. The summed E-state index contributed by atoms with van der Waals surface area (Å²) in [7, 11) is 0. The van der Waals surface area contributed by atoms with Gasteiger partial charge in [0.2, 0.25) is 0 Å². The number of nitrogens with zero attached hydrogens (tertiary/aromatic N) is 1. The molecule has 1 N–H and O–H groups in total. The molecule has 0 spiro atoms. The number of ether oxygens (including phenoxy) is 2. The first-order valence-corrected chi connectivity index (χ1v) is 7.52. The Kier molecular flexibility index (Phi) is 5.54. The van der Waals surface area contributed by atoms with Gasteiger partial charge >= 0.3 is 5.97 Å². The molecule has 122 valence electrons. The van der Waals surface area contributed by atoms with Gasteiger partial charge in [-0.1, -0.05) is 0 Å². The molecule has 0 bridgehead atoms. The molecule has 1 saturated heterocycles. The summed E-state index contributed by atoms with van der Waals surface area (Å²) in [5, 5.41) is 2.75. The van der Waals surface area contributed by atoms with E-state index >= 15 is 0 Å². The zero-order valence-corrected chi connectivity index (χ0v) is 13.2. The number of hydrogen-bond acceptors (Lipinski definition) is 6. The van der Waals surface area contributed by atoms with Crippen molar-refractivity contribution in [3.05, 3.63) is 17.3 Å². The summed E-state index contributed by atoms with van der Waals surface area (Å²) in [6.07, 6.45) is 1.42. The van der Waals surface area contributed by atoms with Crippen LogP contribution in [0, 0.1) is 19.8 Å². The standard InChI is InChI=1S/C15H22N2O5/c1-4-21-15(19)13(11-5-7-20-8-6-11)17-14(18)12-9(2)22-10(3)16-12/h11,13H,4-8H2,1-3H3,(H,17,18)/t13-/m0/s1. The molecule has 0 saturated carbocycles. The van der Waals surface area contributed by atoms with Crippen LogP contribution in [0.3, 0.4) is 0 Å². The third-order valence-corrected chi connectivity index (χ3v) is 3.68. The number of aryl methyl sites for hydroxylation is 2. The van der Waals surface area contributed by atoms with Gasteiger partial charge in [0.25, 0.3) is 5.91 Å². The summed E-state index contributed by atoms with van der Waals surface area (Å²) in [6, 6.07) is -0.687. The smallest absolute Gasteiger partial charge is 0.328 e. The molecule has 1 aromatic rings. The van der Waals surface area contributed by atoms with Gasteiger partial charge in [-0.25, -0.2) is 9.78 Å². The average Bonchev–Trinajstić information content (AvgIpc) is 2.84. The van der Waals surface area contributed by atoms with E-state index < -0.39 is 17.9 Å². The van der Waals surface area contributed by atoms with Gasteiger partial charge in [-0.2, -0.15) is 0 Å². The Hall–Kier alpha value is -1.89. The van der Waals surface area contributed by atoms with E-state index in [9.17, 15) is 9.59 Å². The maximum absolute atomic E-state index is 12.4. The molecule has 2 heterocycles. The van der Waals surface area contributed by atoms with Gasteiger partial charge in [-0.15, -0.1) is 0 Å². The second kappa shape index (κ2) is 7.40. The van der Waals surface area contributed by atoms with Crippen molar-refractivity contribution in [2.24, 2.45) is 5.92 Å². The van der Waals surface area contributed by atoms with Crippen LogP contribution in [0.15, 0.2) is 4.42 Å². The van der Waals surface area contributed by atoms with Gasteiger partial charge in [-0.3, -0.25) is 4.79 Å². The van der Waals surface area contributed by atoms with Gasteiger partial charge in [0.1, 0.15) is 11.8 Å². The highest BCUT2D eigenvalue weighted by Gasteiger charge is 2.33. The van der Waals surface area contributed by atoms with E-state index in [1.807, 2.05) is 0 Å². The number of oxazole rings is 1. The summed E-state index contributed by atoms with van der Waals surface area (Å²) in [5.74, 6) is 0.0237. The highest BCUT2D eigenvalue weighted by Crippen LogP contribution is 2.20. The van der Waals surface area contributed by atoms with Crippen LogP contribution in [0.4, 0.5) is 0 Å². The number of amides is 1. The minimum atomic E-state index is -0.687. The summed E-state index contributed by atoms with van der Waals surface area (Å²) in [4.78, 5) is 28.6. The number of rotatable bonds is 5. The Morgan fingerprint density at radius 2 is 2.05 bits per heavy atom. The average molecular weight is 310 g/mol. The Morgan fingerprint density at radius 3 is 2.59 bits per heavy atom. The first kappa shape index (κ1) is 16.5. The molecule has 0 aromatic carbocycles. The van der Waals surface area contributed by atoms with Crippen molar-refractivity contribution in [1.82, 2.24) is 10.3 Å². The quantitative estimate of drug-likeness (QED) is 0.826. The fourth-order valence-corrected chi connectivity index (χ4v) is 2.60. The Balaban J connectivity index is 2.12. The lowest BCUT2D eigenvalue weighted by Crippen LogP contribution is -2.48. The zero-order valence-electron chi connectivity index (χ0n) is 13.2. The molecule has 1 amide bonds. The molecule has 22 heavy (non-hydrogen) atoms. The molecule has 1 aliphatic heterocycles. The van der Waals surface area contributed by atoms with Crippen molar-refractivity contribution in [2.75, 3.05) is 19.8 Å². The van der Waals surface area contributed by atoms with E-state index in [0.29, 0.717) is 37.7 Å². The number of aromatic nitrogens is 1. The molecule has 0 aliphatic carbocycles. The molecule has 1 aliphatic rings. The minimum absolute atomic E-state index is 0.00468. The second-order valence-electron chi connectivity index (χ2n) is 5.29. The predicted octanol–water partition coefficient (Wildman–Crippen LogP) is 1.38. The maximum atomic E-state index is 12.4. The Labute approximate surface area is 129 Å². The van der Waals surface area contributed by atoms with Gasteiger partial charge < -0.3 is 19.2 Å². The Morgan fingerprint density at radius 1 is 1.36 bits per heavy atom. The van der Waals surface area contributed by atoms with Crippen LogP contribution in [0.1, 0.15) is 41.9 Å². The van der Waals surface area contributed by atoms with E-state index in [1.54, 1.807) is 20.8 Å². The van der Waals surface area contributed by atoms with E-state index in [0.717, 1.165) is 0 Å². The normalized spacial score (nSPS) is 17.0. The monoisotopic (exact) mass is 310 g/mol. The van der Waals surface area contributed by atoms with Crippen molar-refractivity contribution >= 4 is 11.9 Å². The van der Waals surface area contributed by atoms with E-state index in [1.165, 1.54) is 0 Å². The molecule has 0 unspecified atom stereocenters. The van der Waals surface area contributed by atoms with Crippen LogP contribution in [-0.4, -0.2) is 42.7 Å². The highest BCUT2D eigenvalue weighted by atomic mass is 16.5. The van der Waals surface area contributed by atoms with Gasteiger partial charge in [0.05, 0.1) is 6.61 Å². The number of nitrogens with one attached hydrogen (secondary N) is 1. The zero-order chi connectivity index (χ0) is 16.1. The van der Waals surface area contributed by atoms with Crippen molar-refractivity contribution in [2.45, 2.75) is 39.7 Å². The lowest BCUT2D eigenvalue weighted by molar-refractivity contribution is -0.147. The molecular formula is C15H22N2O5. The van der Waals surface area contributed by atoms with E-state index in [4.69, 9.17) is 13.9 Å². The van der Waals surface area contributed by atoms with Crippen molar-refractivity contribution < 1.29 is 23.5 Å². The van der Waals surface area contributed by atoms with E-state index in [-0.39, 0.29) is 18.2 Å². The third-order valence-electron chi connectivity index (χ3n) is 3.68. The molecule has 1 atom stereocenters. The molecule has 0 radical (unpaired) electrons. The summed E-state index contributed by atoms with van der Waals surface area (Å²) in [6.45, 7) is 6.52. The second-order valence-corrected chi connectivity index (χ2v) is 5.29. The molecule has 7 heteroatoms. The number of hydrogen-bond donors (Lipinski definition) is 1. The maximum Gasteiger partial charge on any atom is 0.328 e. The summed E-state index contributed by atoms with van der Waals surface area (Å²) >= 11 is 0. The lowest BCUT2D eigenvalue weighted by Gasteiger charge is -2.29. The SMILES string of the molecule is CCOC(=O)[C@@H](NC(=O)c1nc(C)oc1C)C1CCOCC1. The van der Waals surface area contributed by atoms with Crippen LogP contribution in [0.25, 0.3) is 0 Å². The largest absolute Gasteiger partial charge is 0.464 e. The lowest BCUT2D eigenvalue weighted by atomic mass is 9.91. The first-order chi connectivity index (χ1) is 10.5. The molecular weight excluding hydrogens is 288 g/mol. The van der Waals surface area contributed by atoms with Crippen LogP contribution in [0.5, 0.6) is 0 Å². The van der Waals surface area contributed by atoms with Gasteiger partial charge in [0, 0.05) is 20.1 Å². The van der Waals surface area contributed by atoms with Gasteiger partial charge in [-0.05, 0) is 32.6 Å². The molecule has 2 rings (SSSR count). The molecule has 1 fully saturated rings. The third kappa shape index (κ3) is 3.85. The number of esters is 1. The van der Waals surface area contributed by atoms with Crippen LogP contribution in [0.2, 0.25) is 0 Å². The first-order valence-electron chi connectivity index (χ1n) is 7.52.